The van der Waals surface area contributed by atoms with E-state index in [9.17, 15) is 4.39 Å². The molecule has 0 saturated carbocycles. The summed E-state index contributed by atoms with van der Waals surface area (Å²) < 4.78 is 12.9. The van der Waals surface area contributed by atoms with Crippen LogP contribution >= 0.6 is 12.2 Å². The van der Waals surface area contributed by atoms with E-state index >= 15 is 0 Å². The van der Waals surface area contributed by atoms with E-state index in [0.29, 0.717) is 10.9 Å². The van der Waals surface area contributed by atoms with Crippen molar-refractivity contribution in [1.82, 2.24) is 10.3 Å². The second kappa shape index (κ2) is 6.43. The fraction of sp³-hybridized carbons (Fsp3) is 0.200. The minimum atomic E-state index is -0.245. The Hall–Kier alpha value is -2.01. The van der Waals surface area contributed by atoms with Gasteiger partial charge in [0, 0.05) is 6.20 Å². The summed E-state index contributed by atoms with van der Waals surface area (Å²) in [6, 6.07) is 10.2. The lowest BCUT2D eigenvalue weighted by Gasteiger charge is -2.17. The molecular weight excluding hydrogens is 273 g/mol. The molecule has 0 aliphatic rings. The number of pyridine rings is 1. The minimum absolute atomic E-state index is 0.0129. The molecule has 1 aromatic carbocycles. The molecule has 1 atom stereocenters. The average molecular weight is 289 g/mol. The average Bonchev–Trinajstić information content (AvgIpc) is 2.42. The summed E-state index contributed by atoms with van der Waals surface area (Å²) in [5.41, 5.74) is 2.06. The Bertz CT molecular complexity index is 581. The molecular formula is C15H16FN3S. The summed E-state index contributed by atoms with van der Waals surface area (Å²) in [5, 5.41) is 6.64. The molecule has 2 N–H and O–H groups in total. The largest absolute Gasteiger partial charge is 0.356 e. The molecule has 0 bridgehead atoms. The van der Waals surface area contributed by atoms with E-state index in [2.05, 4.69) is 15.6 Å². The fourth-order valence-corrected chi connectivity index (χ4v) is 2.01. The van der Waals surface area contributed by atoms with Gasteiger partial charge in [0.15, 0.2) is 5.11 Å². The zero-order valence-electron chi connectivity index (χ0n) is 11.4. The van der Waals surface area contributed by atoms with Gasteiger partial charge in [0.1, 0.15) is 11.6 Å². The maximum atomic E-state index is 12.9. The monoisotopic (exact) mass is 289 g/mol. The number of aryl methyl sites for hydroxylation is 1. The lowest BCUT2D eigenvalue weighted by Crippen LogP contribution is -2.31. The smallest absolute Gasteiger partial charge is 0.172 e. The molecule has 2 rings (SSSR count). The van der Waals surface area contributed by atoms with Crippen LogP contribution in [0.1, 0.15) is 24.1 Å². The van der Waals surface area contributed by atoms with Crippen molar-refractivity contribution in [3.05, 3.63) is 59.5 Å². The van der Waals surface area contributed by atoms with Gasteiger partial charge in [0.05, 0.1) is 6.04 Å². The highest BCUT2D eigenvalue weighted by Gasteiger charge is 2.07. The van der Waals surface area contributed by atoms with Crippen LogP contribution in [0.5, 0.6) is 0 Å². The van der Waals surface area contributed by atoms with E-state index in [1.54, 1.807) is 18.3 Å². The fourth-order valence-electron chi connectivity index (χ4n) is 1.73. The van der Waals surface area contributed by atoms with Gasteiger partial charge < -0.3 is 10.6 Å². The third-order valence-electron chi connectivity index (χ3n) is 2.87. The Kier molecular flexibility index (Phi) is 4.63. The van der Waals surface area contributed by atoms with Crippen molar-refractivity contribution in [2.45, 2.75) is 19.9 Å². The molecule has 0 aliphatic heterocycles. The van der Waals surface area contributed by atoms with E-state index in [4.69, 9.17) is 12.2 Å². The highest BCUT2D eigenvalue weighted by molar-refractivity contribution is 7.80. The van der Waals surface area contributed by atoms with E-state index in [1.807, 2.05) is 26.0 Å². The molecule has 1 aromatic heterocycles. The van der Waals surface area contributed by atoms with Gasteiger partial charge >= 0.3 is 0 Å². The number of aromatic nitrogens is 1. The summed E-state index contributed by atoms with van der Waals surface area (Å²) in [6.07, 6.45) is 1.77. The second-order valence-electron chi connectivity index (χ2n) is 4.59. The summed E-state index contributed by atoms with van der Waals surface area (Å²) in [7, 11) is 0. The third-order valence-corrected chi connectivity index (χ3v) is 3.09. The van der Waals surface area contributed by atoms with Crippen LogP contribution in [0.25, 0.3) is 0 Å². The van der Waals surface area contributed by atoms with Crippen LogP contribution in [0.2, 0.25) is 0 Å². The summed E-state index contributed by atoms with van der Waals surface area (Å²) in [6.45, 7) is 3.94. The maximum Gasteiger partial charge on any atom is 0.172 e. The van der Waals surface area contributed by atoms with Gasteiger partial charge in [0.2, 0.25) is 0 Å². The molecule has 5 heteroatoms. The lowest BCUT2D eigenvalue weighted by molar-refractivity contribution is 0.624. The van der Waals surface area contributed by atoms with Crippen LogP contribution in [-0.2, 0) is 0 Å². The highest BCUT2D eigenvalue weighted by Crippen LogP contribution is 2.13. The predicted octanol–water partition coefficient (Wildman–Crippen LogP) is 3.58. The van der Waals surface area contributed by atoms with Crippen LogP contribution in [0.3, 0.4) is 0 Å². The molecule has 0 unspecified atom stereocenters. The first-order valence-corrected chi connectivity index (χ1v) is 6.71. The summed E-state index contributed by atoms with van der Waals surface area (Å²) in [5.74, 6) is 0.449. The molecule has 1 heterocycles. The summed E-state index contributed by atoms with van der Waals surface area (Å²) >= 11 is 5.23. The molecule has 0 aliphatic carbocycles. The molecule has 0 radical (unpaired) electrons. The van der Waals surface area contributed by atoms with Crippen molar-refractivity contribution in [1.29, 1.82) is 0 Å². The number of nitrogens with zero attached hydrogens (tertiary/aromatic N) is 1. The van der Waals surface area contributed by atoms with Crippen LogP contribution in [0, 0.1) is 12.7 Å². The zero-order valence-corrected chi connectivity index (χ0v) is 12.2. The normalized spacial score (nSPS) is 11.8. The number of benzene rings is 1. The van der Waals surface area contributed by atoms with Crippen LogP contribution in [0.4, 0.5) is 10.2 Å². The molecule has 2 aromatic rings. The predicted molar refractivity (Wildman–Crippen MR) is 83.1 cm³/mol. The van der Waals surface area contributed by atoms with Gasteiger partial charge in [-0.05, 0) is 55.4 Å². The zero-order chi connectivity index (χ0) is 14.5. The van der Waals surface area contributed by atoms with E-state index in [1.165, 1.54) is 12.1 Å². The highest BCUT2D eigenvalue weighted by atomic mass is 32.1. The third kappa shape index (κ3) is 3.99. The van der Waals surface area contributed by atoms with Gasteiger partial charge in [-0.1, -0.05) is 18.2 Å². The summed E-state index contributed by atoms with van der Waals surface area (Å²) in [4.78, 5) is 4.22. The second-order valence-corrected chi connectivity index (χ2v) is 5.00. The number of nitrogens with one attached hydrogen (secondary N) is 2. The van der Waals surface area contributed by atoms with Gasteiger partial charge in [0.25, 0.3) is 0 Å². The molecule has 104 valence electrons. The van der Waals surface area contributed by atoms with Crippen molar-refractivity contribution < 1.29 is 4.39 Å². The Morgan fingerprint density at radius 3 is 2.50 bits per heavy atom. The Morgan fingerprint density at radius 1 is 1.20 bits per heavy atom. The molecule has 0 fully saturated rings. The van der Waals surface area contributed by atoms with Crippen molar-refractivity contribution in [2.75, 3.05) is 5.32 Å². The van der Waals surface area contributed by atoms with Gasteiger partial charge in [-0.3, -0.25) is 0 Å². The lowest BCUT2D eigenvalue weighted by atomic mass is 10.1. The number of anilines is 1. The maximum absolute atomic E-state index is 12.9. The number of rotatable bonds is 3. The Balaban J connectivity index is 1.93. The topological polar surface area (TPSA) is 37.0 Å². The van der Waals surface area contributed by atoms with Crippen molar-refractivity contribution >= 4 is 23.1 Å². The number of hydrogen-bond donors (Lipinski definition) is 2. The number of thiocarbonyl (C=S) groups is 1. The molecule has 20 heavy (non-hydrogen) atoms. The SMILES string of the molecule is Cc1ccc(NC(=S)N[C@H](C)c2ccc(F)cc2)nc1. The van der Waals surface area contributed by atoms with Crippen LogP contribution in [0.15, 0.2) is 42.6 Å². The molecule has 0 saturated heterocycles. The number of hydrogen-bond acceptors (Lipinski definition) is 2. The minimum Gasteiger partial charge on any atom is -0.356 e. The molecule has 0 amide bonds. The van der Waals surface area contributed by atoms with Gasteiger partial charge in [-0.2, -0.15) is 0 Å². The van der Waals surface area contributed by atoms with Crippen LogP contribution < -0.4 is 10.6 Å². The first-order valence-electron chi connectivity index (χ1n) is 6.30. The Morgan fingerprint density at radius 2 is 1.90 bits per heavy atom. The molecule has 0 spiro atoms. The van der Waals surface area contributed by atoms with E-state index < -0.39 is 0 Å². The van der Waals surface area contributed by atoms with Gasteiger partial charge in [-0.25, -0.2) is 9.37 Å². The Labute approximate surface area is 123 Å². The molecule has 3 nitrogen and oxygen atoms in total. The van der Waals surface area contributed by atoms with Crippen LogP contribution in [-0.4, -0.2) is 10.1 Å². The quantitative estimate of drug-likeness (QED) is 0.847. The van der Waals surface area contributed by atoms with E-state index in [0.717, 1.165) is 11.1 Å². The number of halogens is 1. The van der Waals surface area contributed by atoms with E-state index in [-0.39, 0.29) is 11.9 Å². The standard InChI is InChI=1S/C15H16FN3S/c1-10-3-8-14(17-9-10)19-15(20)18-11(2)12-4-6-13(16)7-5-12/h3-9,11H,1-2H3,(H2,17,18,19,20)/t11-/m1/s1. The van der Waals surface area contributed by atoms with Crippen molar-refractivity contribution in [2.24, 2.45) is 0 Å². The first-order chi connectivity index (χ1) is 9.54. The van der Waals surface area contributed by atoms with Crippen molar-refractivity contribution in [3.8, 4) is 0 Å². The first kappa shape index (κ1) is 14.4. The van der Waals surface area contributed by atoms with Gasteiger partial charge in [-0.15, -0.1) is 0 Å². The van der Waals surface area contributed by atoms with Crippen molar-refractivity contribution in [3.63, 3.8) is 0 Å².